The maximum Gasteiger partial charge on any atom is 0.0743 e. The van der Waals surface area contributed by atoms with Crippen LogP contribution in [0.1, 0.15) is 32.6 Å². The zero-order valence-electron chi connectivity index (χ0n) is 11.5. The molecule has 1 aliphatic rings. The van der Waals surface area contributed by atoms with Gasteiger partial charge in [0.15, 0.2) is 0 Å². The van der Waals surface area contributed by atoms with Gasteiger partial charge in [-0.1, -0.05) is 19.1 Å². The second-order valence-corrected chi connectivity index (χ2v) is 6.00. The molecule has 1 aliphatic heterocycles. The minimum atomic E-state index is 0.563. The quantitative estimate of drug-likeness (QED) is 0.734. The lowest BCUT2D eigenvalue weighted by Crippen LogP contribution is -2.44. The fraction of sp³-hybridized carbons (Fsp3) is 0.923. The normalized spacial score (nSPS) is 20.7. The SMILES string of the molecule is CCC(CC(N)=S)N1CCC(CN(C)C)CC1. The van der Waals surface area contributed by atoms with Crippen molar-refractivity contribution in [2.45, 2.75) is 38.6 Å². The van der Waals surface area contributed by atoms with Crippen LogP contribution >= 0.6 is 12.2 Å². The van der Waals surface area contributed by atoms with Crippen LogP contribution in [-0.2, 0) is 0 Å². The van der Waals surface area contributed by atoms with Gasteiger partial charge in [0.2, 0.25) is 0 Å². The maximum atomic E-state index is 5.67. The Bertz CT molecular complexity index is 235. The number of hydrogen-bond acceptors (Lipinski definition) is 3. The first-order valence-corrected chi connectivity index (χ1v) is 7.10. The third kappa shape index (κ3) is 5.32. The molecule has 0 radical (unpaired) electrons. The summed E-state index contributed by atoms with van der Waals surface area (Å²) in [6.07, 6.45) is 4.65. The van der Waals surface area contributed by atoms with Gasteiger partial charge in [-0.15, -0.1) is 0 Å². The van der Waals surface area contributed by atoms with Crippen LogP contribution in [0.15, 0.2) is 0 Å². The van der Waals surface area contributed by atoms with E-state index in [0.717, 1.165) is 18.8 Å². The van der Waals surface area contributed by atoms with Crippen molar-refractivity contribution in [2.75, 3.05) is 33.7 Å². The van der Waals surface area contributed by atoms with Crippen molar-refractivity contribution in [3.8, 4) is 0 Å². The Hall–Kier alpha value is -0.190. The maximum absolute atomic E-state index is 5.67. The highest BCUT2D eigenvalue weighted by atomic mass is 32.1. The van der Waals surface area contributed by atoms with E-state index in [1.54, 1.807) is 0 Å². The highest BCUT2D eigenvalue weighted by molar-refractivity contribution is 7.80. The average molecular weight is 257 g/mol. The van der Waals surface area contributed by atoms with Gasteiger partial charge in [0.1, 0.15) is 0 Å². The fourth-order valence-corrected chi connectivity index (χ4v) is 2.97. The van der Waals surface area contributed by atoms with Crippen LogP contribution in [0, 0.1) is 5.92 Å². The van der Waals surface area contributed by atoms with Gasteiger partial charge in [-0.25, -0.2) is 0 Å². The number of rotatable bonds is 6. The molecule has 0 aliphatic carbocycles. The molecule has 0 saturated carbocycles. The summed E-state index contributed by atoms with van der Waals surface area (Å²) in [5, 5.41) is 0. The van der Waals surface area contributed by atoms with Gasteiger partial charge in [0, 0.05) is 19.0 Å². The van der Waals surface area contributed by atoms with Gasteiger partial charge in [-0.05, 0) is 52.4 Å². The van der Waals surface area contributed by atoms with Crippen molar-refractivity contribution in [1.82, 2.24) is 9.80 Å². The molecule has 1 heterocycles. The summed E-state index contributed by atoms with van der Waals surface area (Å²) in [5.41, 5.74) is 5.67. The molecule has 1 atom stereocenters. The Morgan fingerprint density at radius 1 is 1.41 bits per heavy atom. The molecule has 17 heavy (non-hydrogen) atoms. The van der Waals surface area contributed by atoms with Crippen LogP contribution in [0.25, 0.3) is 0 Å². The molecule has 1 fully saturated rings. The van der Waals surface area contributed by atoms with Gasteiger partial charge >= 0.3 is 0 Å². The highest BCUT2D eigenvalue weighted by Gasteiger charge is 2.24. The molecule has 1 rings (SSSR count). The molecular formula is C13H27N3S. The summed E-state index contributed by atoms with van der Waals surface area (Å²) in [6.45, 7) is 5.87. The third-order valence-corrected chi connectivity index (χ3v) is 3.86. The lowest BCUT2D eigenvalue weighted by atomic mass is 9.94. The predicted molar refractivity (Wildman–Crippen MR) is 78.3 cm³/mol. The van der Waals surface area contributed by atoms with Crippen LogP contribution in [0.5, 0.6) is 0 Å². The minimum absolute atomic E-state index is 0.563. The van der Waals surface area contributed by atoms with E-state index >= 15 is 0 Å². The molecule has 0 aromatic heterocycles. The molecule has 0 spiro atoms. The lowest BCUT2D eigenvalue weighted by molar-refractivity contribution is 0.120. The molecule has 100 valence electrons. The van der Waals surface area contributed by atoms with Gasteiger partial charge in [0.05, 0.1) is 4.99 Å². The zero-order valence-corrected chi connectivity index (χ0v) is 12.3. The van der Waals surface area contributed by atoms with Gasteiger partial charge < -0.3 is 10.6 Å². The van der Waals surface area contributed by atoms with Crippen molar-refractivity contribution < 1.29 is 0 Å². The van der Waals surface area contributed by atoms with Crippen molar-refractivity contribution >= 4 is 17.2 Å². The molecule has 3 nitrogen and oxygen atoms in total. The summed E-state index contributed by atoms with van der Waals surface area (Å²) in [6, 6.07) is 0.563. The number of nitrogens with zero attached hydrogens (tertiary/aromatic N) is 2. The highest BCUT2D eigenvalue weighted by Crippen LogP contribution is 2.21. The first kappa shape index (κ1) is 14.9. The summed E-state index contributed by atoms with van der Waals surface area (Å²) < 4.78 is 0. The molecule has 1 saturated heterocycles. The molecule has 1 unspecified atom stereocenters. The molecular weight excluding hydrogens is 230 g/mol. The van der Waals surface area contributed by atoms with Crippen molar-refractivity contribution in [2.24, 2.45) is 11.7 Å². The first-order chi connectivity index (χ1) is 8.02. The summed E-state index contributed by atoms with van der Waals surface area (Å²) in [7, 11) is 4.32. The lowest BCUT2D eigenvalue weighted by Gasteiger charge is -2.38. The van der Waals surface area contributed by atoms with Crippen LogP contribution in [-0.4, -0.2) is 54.6 Å². The Morgan fingerprint density at radius 2 is 2.00 bits per heavy atom. The number of likely N-dealkylation sites (tertiary alicyclic amines) is 1. The molecule has 0 aromatic rings. The topological polar surface area (TPSA) is 32.5 Å². The van der Waals surface area contributed by atoms with E-state index in [2.05, 4.69) is 30.8 Å². The molecule has 2 N–H and O–H groups in total. The van der Waals surface area contributed by atoms with Crippen LogP contribution in [0.4, 0.5) is 0 Å². The van der Waals surface area contributed by atoms with E-state index in [-0.39, 0.29) is 0 Å². The van der Waals surface area contributed by atoms with E-state index in [0.29, 0.717) is 11.0 Å². The monoisotopic (exact) mass is 257 g/mol. The van der Waals surface area contributed by atoms with E-state index < -0.39 is 0 Å². The van der Waals surface area contributed by atoms with Gasteiger partial charge in [-0.3, -0.25) is 4.90 Å². The zero-order chi connectivity index (χ0) is 12.8. The van der Waals surface area contributed by atoms with E-state index in [9.17, 15) is 0 Å². The Balaban J connectivity index is 2.36. The predicted octanol–water partition coefficient (Wildman–Crippen LogP) is 1.71. The molecule has 0 bridgehead atoms. The second kappa shape index (κ2) is 7.29. The van der Waals surface area contributed by atoms with Crippen molar-refractivity contribution in [1.29, 1.82) is 0 Å². The number of piperidine rings is 1. The minimum Gasteiger partial charge on any atom is -0.393 e. The standard InChI is InChI=1S/C13H27N3S/c1-4-12(9-13(14)17)16-7-5-11(6-8-16)10-15(2)3/h11-12H,4-10H2,1-3H3,(H2,14,17). The van der Waals surface area contributed by atoms with Crippen LogP contribution in [0.2, 0.25) is 0 Å². The van der Waals surface area contributed by atoms with Crippen LogP contribution < -0.4 is 5.73 Å². The first-order valence-electron chi connectivity index (χ1n) is 6.70. The average Bonchev–Trinajstić information content (AvgIpc) is 2.26. The van der Waals surface area contributed by atoms with Gasteiger partial charge in [0.25, 0.3) is 0 Å². The van der Waals surface area contributed by atoms with Crippen LogP contribution in [0.3, 0.4) is 0 Å². The van der Waals surface area contributed by atoms with Gasteiger partial charge in [-0.2, -0.15) is 0 Å². The summed E-state index contributed by atoms with van der Waals surface area (Å²) in [4.78, 5) is 5.53. The Kier molecular flexibility index (Phi) is 6.38. The van der Waals surface area contributed by atoms with E-state index in [4.69, 9.17) is 18.0 Å². The number of hydrogen-bond donors (Lipinski definition) is 1. The fourth-order valence-electron chi connectivity index (χ4n) is 2.78. The third-order valence-electron chi connectivity index (χ3n) is 3.70. The molecule has 0 aromatic carbocycles. The largest absolute Gasteiger partial charge is 0.393 e. The van der Waals surface area contributed by atoms with Crippen molar-refractivity contribution in [3.05, 3.63) is 0 Å². The van der Waals surface area contributed by atoms with Crippen molar-refractivity contribution in [3.63, 3.8) is 0 Å². The van der Waals surface area contributed by atoms with E-state index in [1.165, 1.54) is 32.5 Å². The second-order valence-electron chi connectivity index (χ2n) is 5.47. The Morgan fingerprint density at radius 3 is 2.41 bits per heavy atom. The number of thiocarbonyl (C=S) groups is 1. The summed E-state index contributed by atoms with van der Waals surface area (Å²) in [5.74, 6) is 0.864. The summed E-state index contributed by atoms with van der Waals surface area (Å²) >= 11 is 5.03. The number of nitrogens with two attached hydrogens (primary N) is 1. The molecule has 4 heteroatoms. The van der Waals surface area contributed by atoms with E-state index in [1.807, 2.05) is 0 Å². The molecule has 0 amide bonds. The smallest absolute Gasteiger partial charge is 0.0743 e. The Labute approximate surface area is 111 Å².